The number of hydrogen-bond acceptors (Lipinski definition) is 9. The number of likely N-dealkylation sites (tertiary alicyclic amines) is 2. The van der Waals surface area contributed by atoms with Gasteiger partial charge in [0, 0.05) is 67.5 Å². The number of nitrogens with one attached hydrogen (secondary N) is 1. The summed E-state index contributed by atoms with van der Waals surface area (Å²) in [6, 6.07) is 6.88. The summed E-state index contributed by atoms with van der Waals surface area (Å²) in [4.78, 5) is 40.7. The number of carbonyl (C=O) groups is 2. The van der Waals surface area contributed by atoms with Crippen LogP contribution in [0.5, 0.6) is 5.75 Å². The summed E-state index contributed by atoms with van der Waals surface area (Å²) in [5.41, 5.74) is 2.46. The van der Waals surface area contributed by atoms with Crippen molar-refractivity contribution in [2.45, 2.75) is 49.8 Å². The molecule has 1 N–H and O–H groups in total. The Hall–Kier alpha value is -4.37. The van der Waals surface area contributed by atoms with Gasteiger partial charge in [-0.2, -0.15) is 19.0 Å². The first-order valence-corrected chi connectivity index (χ1v) is 16.3. The van der Waals surface area contributed by atoms with E-state index in [1.54, 1.807) is 30.6 Å². The van der Waals surface area contributed by atoms with Gasteiger partial charge in [0.25, 0.3) is 5.91 Å². The van der Waals surface area contributed by atoms with E-state index >= 15 is 0 Å². The molecule has 242 valence electrons. The number of hydrogen-bond donors (Lipinski definition) is 1. The van der Waals surface area contributed by atoms with E-state index in [2.05, 4.69) is 30.4 Å². The number of thioether (sulfide) groups is 1. The number of aliphatic imine (C=N–C) groups is 1. The molecule has 2 aliphatic rings. The van der Waals surface area contributed by atoms with Crippen molar-refractivity contribution < 1.29 is 23.1 Å². The molecule has 46 heavy (non-hydrogen) atoms. The van der Waals surface area contributed by atoms with Gasteiger partial charge in [-0.15, -0.1) is 11.8 Å². The van der Waals surface area contributed by atoms with Gasteiger partial charge in [-0.3, -0.25) is 24.2 Å². The molecule has 2 fully saturated rings. The zero-order valence-corrected chi connectivity index (χ0v) is 26.4. The summed E-state index contributed by atoms with van der Waals surface area (Å²) in [5, 5.41) is 11.6. The van der Waals surface area contributed by atoms with Crippen LogP contribution in [0.4, 0.5) is 14.5 Å². The first kappa shape index (κ1) is 31.6. The minimum absolute atomic E-state index is 0.0879. The topological polar surface area (TPSA) is 122 Å². The lowest BCUT2D eigenvalue weighted by Crippen LogP contribution is -2.50. The highest BCUT2D eigenvalue weighted by Gasteiger charge is 2.30. The van der Waals surface area contributed by atoms with Gasteiger partial charge in [0.2, 0.25) is 5.91 Å². The average molecular weight is 652 g/mol. The van der Waals surface area contributed by atoms with Gasteiger partial charge in [0.1, 0.15) is 23.6 Å². The normalized spacial score (nSPS) is 17.2. The predicted octanol–water partition coefficient (Wildman–Crippen LogP) is 4.33. The molecule has 6 rings (SSSR count). The first-order valence-electron chi connectivity index (χ1n) is 15.1. The molecule has 4 aromatic rings. The minimum atomic E-state index is -3.07. The van der Waals surface area contributed by atoms with Gasteiger partial charge < -0.3 is 15.0 Å². The third kappa shape index (κ3) is 6.89. The maximum absolute atomic E-state index is 13.5. The van der Waals surface area contributed by atoms with Crippen molar-refractivity contribution in [3.05, 3.63) is 54.6 Å². The Kier molecular flexibility index (Phi) is 9.59. The number of aromatic nitrogens is 5. The molecule has 12 nitrogen and oxygen atoms in total. The fourth-order valence-electron chi connectivity index (χ4n) is 6.08. The van der Waals surface area contributed by atoms with E-state index in [0.29, 0.717) is 24.8 Å². The SMILES string of the molecule is CN=C1CCCN(C2CCN(C(=O)Cn3cc(NC(=O)c4cnn5cccnc45)c(-c4cc(SC)ccc4OC(F)F)n3)CC2)C1. The number of piperidine rings is 2. The Morgan fingerprint density at radius 3 is 2.80 bits per heavy atom. The lowest BCUT2D eigenvalue weighted by Gasteiger charge is -2.40. The molecule has 0 unspecified atom stereocenters. The van der Waals surface area contributed by atoms with Gasteiger partial charge in [-0.05, 0) is 62.7 Å². The van der Waals surface area contributed by atoms with Crippen LogP contribution in [-0.4, -0.2) is 104 Å². The van der Waals surface area contributed by atoms with Crippen LogP contribution in [0.1, 0.15) is 36.0 Å². The van der Waals surface area contributed by atoms with Crippen LogP contribution in [0.15, 0.2) is 58.9 Å². The molecule has 0 aliphatic carbocycles. The highest BCUT2D eigenvalue weighted by molar-refractivity contribution is 7.98. The number of nitrogens with zero attached hydrogens (tertiary/aromatic N) is 8. The van der Waals surface area contributed by atoms with Crippen LogP contribution in [0, 0.1) is 0 Å². The number of alkyl halides is 2. The summed E-state index contributed by atoms with van der Waals surface area (Å²) in [6.07, 6.45) is 11.9. The van der Waals surface area contributed by atoms with Gasteiger partial charge in [0.05, 0.1) is 11.9 Å². The summed E-state index contributed by atoms with van der Waals surface area (Å²) in [7, 11) is 1.85. The average Bonchev–Trinajstić information content (AvgIpc) is 3.68. The number of halogens is 2. The Morgan fingerprint density at radius 1 is 1.22 bits per heavy atom. The molecule has 2 amide bonds. The van der Waals surface area contributed by atoms with E-state index in [1.165, 1.54) is 45.1 Å². The molecule has 1 aromatic carbocycles. The van der Waals surface area contributed by atoms with Crippen LogP contribution in [0.25, 0.3) is 16.9 Å². The van der Waals surface area contributed by atoms with Crippen LogP contribution in [0.3, 0.4) is 0 Å². The van der Waals surface area contributed by atoms with Crippen LogP contribution in [0.2, 0.25) is 0 Å². The number of fused-ring (bicyclic) bond motifs is 1. The van der Waals surface area contributed by atoms with Crippen molar-refractivity contribution in [2.75, 3.05) is 44.8 Å². The van der Waals surface area contributed by atoms with Gasteiger partial charge in [0.15, 0.2) is 5.65 Å². The standard InChI is InChI=1S/C31H35F2N9O3S/c1-34-20-5-3-11-40(17-20)21-8-13-39(14-9-21)27(43)19-41-18-25(37-30(44)24-16-36-42-12-4-10-35-29(24)42)28(38-41)23-15-22(46-2)6-7-26(23)45-31(32)33/h4,6-7,10,12,15-16,18,21,31H,3,5,8-9,11,13-14,17,19H2,1-2H3,(H,37,44). The third-order valence-corrected chi connectivity index (χ3v) is 9.16. The molecule has 0 atom stereocenters. The number of amides is 2. The van der Waals surface area contributed by atoms with Gasteiger partial charge >= 0.3 is 6.61 Å². The van der Waals surface area contributed by atoms with E-state index in [1.807, 2.05) is 18.2 Å². The van der Waals surface area contributed by atoms with E-state index in [0.717, 1.165) is 43.7 Å². The Bertz CT molecular complexity index is 1750. The molecule has 2 aliphatic heterocycles. The second-order valence-electron chi connectivity index (χ2n) is 11.2. The molecular weight excluding hydrogens is 616 g/mol. The van der Waals surface area contributed by atoms with Crippen molar-refractivity contribution in [3.8, 4) is 17.0 Å². The van der Waals surface area contributed by atoms with Gasteiger partial charge in [-0.25, -0.2) is 9.50 Å². The summed E-state index contributed by atoms with van der Waals surface area (Å²) in [6.45, 7) is 0.0253. The monoisotopic (exact) mass is 651 g/mol. The largest absolute Gasteiger partial charge is 0.434 e. The fourth-order valence-corrected chi connectivity index (χ4v) is 6.52. The predicted molar refractivity (Wildman–Crippen MR) is 171 cm³/mol. The minimum Gasteiger partial charge on any atom is -0.434 e. The number of carbonyl (C=O) groups excluding carboxylic acids is 2. The Labute approximate surface area is 268 Å². The van der Waals surface area contributed by atoms with Crippen molar-refractivity contribution in [1.82, 2.24) is 34.2 Å². The molecule has 0 bridgehead atoms. The Morgan fingerprint density at radius 2 is 2.04 bits per heavy atom. The van der Waals surface area contributed by atoms with Crippen molar-refractivity contribution in [2.24, 2.45) is 4.99 Å². The molecule has 5 heterocycles. The first-order chi connectivity index (χ1) is 22.3. The number of anilines is 1. The van der Waals surface area contributed by atoms with Crippen LogP contribution >= 0.6 is 11.8 Å². The smallest absolute Gasteiger partial charge is 0.387 e. The molecule has 0 radical (unpaired) electrons. The lowest BCUT2D eigenvalue weighted by atomic mass is 9.99. The van der Waals surface area contributed by atoms with E-state index in [9.17, 15) is 18.4 Å². The van der Waals surface area contributed by atoms with Crippen LogP contribution in [-0.2, 0) is 11.3 Å². The number of ether oxygens (including phenoxy) is 1. The maximum atomic E-state index is 13.5. The highest BCUT2D eigenvalue weighted by Crippen LogP contribution is 2.38. The second-order valence-corrected chi connectivity index (χ2v) is 12.1. The van der Waals surface area contributed by atoms with Crippen molar-refractivity contribution in [3.63, 3.8) is 0 Å². The van der Waals surface area contributed by atoms with Crippen molar-refractivity contribution >= 4 is 40.6 Å². The summed E-state index contributed by atoms with van der Waals surface area (Å²) < 4.78 is 34.6. The summed E-state index contributed by atoms with van der Waals surface area (Å²) in [5.74, 6) is -0.739. The fraction of sp³-hybridized carbons (Fsp3) is 0.419. The lowest BCUT2D eigenvalue weighted by molar-refractivity contribution is -0.133. The maximum Gasteiger partial charge on any atom is 0.387 e. The quantitative estimate of drug-likeness (QED) is 0.266. The molecule has 0 spiro atoms. The third-order valence-electron chi connectivity index (χ3n) is 8.44. The van der Waals surface area contributed by atoms with E-state index < -0.39 is 12.5 Å². The molecule has 15 heteroatoms. The Balaban J connectivity index is 1.24. The molecule has 0 saturated carbocycles. The van der Waals surface area contributed by atoms with E-state index in [4.69, 9.17) is 4.74 Å². The molecule has 3 aromatic heterocycles. The van der Waals surface area contributed by atoms with E-state index in [-0.39, 0.29) is 40.7 Å². The molecule has 2 saturated heterocycles. The summed E-state index contributed by atoms with van der Waals surface area (Å²) >= 11 is 1.42. The van der Waals surface area contributed by atoms with Crippen LogP contribution < -0.4 is 10.1 Å². The number of benzene rings is 1. The zero-order chi connectivity index (χ0) is 32.2. The van der Waals surface area contributed by atoms with Crippen molar-refractivity contribution in [1.29, 1.82) is 0 Å². The number of rotatable bonds is 9. The van der Waals surface area contributed by atoms with Gasteiger partial charge in [-0.1, -0.05) is 0 Å². The highest BCUT2D eigenvalue weighted by atomic mass is 32.2. The zero-order valence-electron chi connectivity index (χ0n) is 25.6. The second kappa shape index (κ2) is 14.0. The molecular formula is C31H35F2N9O3S.